The highest BCUT2D eigenvalue weighted by atomic mass is 16.7. The van der Waals surface area contributed by atoms with Crippen LogP contribution in [0, 0.1) is 5.92 Å². The monoisotopic (exact) mass is 315 g/mol. The molecule has 124 valence electrons. The van der Waals surface area contributed by atoms with E-state index in [1.54, 1.807) is 0 Å². The summed E-state index contributed by atoms with van der Waals surface area (Å²) in [6, 6.07) is 5.62. The molecule has 2 aliphatic rings. The van der Waals surface area contributed by atoms with E-state index in [1.165, 1.54) is 32.1 Å². The summed E-state index contributed by atoms with van der Waals surface area (Å²) < 4.78 is 10.7. The predicted octanol–water partition coefficient (Wildman–Crippen LogP) is 3.76. The van der Waals surface area contributed by atoms with Gasteiger partial charge < -0.3 is 14.4 Å². The van der Waals surface area contributed by atoms with E-state index in [0.717, 1.165) is 17.9 Å². The minimum Gasteiger partial charge on any atom is -0.467 e. The zero-order valence-electron chi connectivity index (χ0n) is 13.6. The van der Waals surface area contributed by atoms with Crippen molar-refractivity contribution in [1.82, 2.24) is 4.90 Å². The molecule has 1 aromatic rings. The van der Waals surface area contributed by atoms with Crippen molar-refractivity contribution >= 4 is 5.91 Å². The number of hydrogen-bond acceptors (Lipinski definition) is 3. The van der Waals surface area contributed by atoms with Crippen LogP contribution in [0.3, 0.4) is 0 Å². The fraction of sp³-hybridized carbons (Fsp3) is 0.526. The van der Waals surface area contributed by atoms with Crippen LogP contribution in [0.15, 0.2) is 30.9 Å². The average Bonchev–Trinajstić information content (AvgIpc) is 2.61. The molecular formula is C19H25NO3. The molecular weight excluding hydrogens is 290 g/mol. The van der Waals surface area contributed by atoms with Gasteiger partial charge >= 0.3 is 0 Å². The number of carbonyl (C=O) groups excluding carboxylic acids is 1. The lowest BCUT2D eigenvalue weighted by atomic mass is 9.89. The number of benzene rings is 1. The van der Waals surface area contributed by atoms with E-state index >= 15 is 0 Å². The largest absolute Gasteiger partial charge is 0.467 e. The first kappa shape index (κ1) is 16.1. The van der Waals surface area contributed by atoms with E-state index in [0.29, 0.717) is 24.6 Å². The molecule has 0 aromatic heterocycles. The highest BCUT2D eigenvalue weighted by Crippen LogP contribution is 2.27. The van der Waals surface area contributed by atoms with Gasteiger partial charge in [0.05, 0.1) is 6.61 Å². The summed E-state index contributed by atoms with van der Waals surface area (Å²) in [5, 5.41) is 0. The van der Waals surface area contributed by atoms with Crippen LogP contribution >= 0.6 is 0 Å². The minimum atomic E-state index is 0.0730. The Kier molecular flexibility index (Phi) is 5.34. The third-order valence-electron chi connectivity index (χ3n) is 4.70. The van der Waals surface area contributed by atoms with Crippen LogP contribution in [0.4, 0.5) is 0 Å². The van der Waals surface area contributed by atoms with Gasteiger partial charge in [-0.3, -0.25) is 4.79 Å². The second-order valence-electron chi connectivity index (χ2n) is 6.44. The smallest absolute Gasteiger partial charge is 0.254 e. The average molecular weight is 315 g/mol. The van der Waals surface area contributed by atoms with Crippen molar-refractivity contribution in [1.29, 1.82) is 0 Å². The van der Waals surface area contributed by atoms with Crippen LogP contribution in [0.1, 0.15) is 48.0 Å². The summed E-state index contributed by atoms with van der Waals surface area (Å²) in [6.07, 6.45) is 8.17. The first-order chi connectivity index (χ1) is 11.3. The maximum atomic E-state index is 12.9. The van der Waals surface area contributed by atoms with Crippen molar-refractivity contribution < 1.29 is 14.3 Å². The van der Waals surface area contributed by atoms with E-state index in [2.05, 4.69) is 6.58 Å². The number of amides is 1. The fourth-order valence-corrected chi connectivity index (χ4v) is 3.48. The van der Waals surface area contributed by atoms with Crippen molar-refractivity contribution in [2.45, 2.75) is 38.7 Å². The summed E-state index contributed by atoms with van der Waals surface area (Å²) >= 11 is 0. The molecule has 0 spiro atoms. The number of hydrogen-bond donors (Lipinski definition) is 0. The Bertz CT molecular complexity index is 564. The summed E-state index contributed by atoms with van der Waals surface area (Å²) in [5.74, 6) is 1.51. The fourth-order valence-electron chi connectivity index (χ4n) is 3.48. The lowest BCUT2D eigenvalue weighted by Gasteiger charge is -2.29. The Balaban J connectivity index is 1.73. The number of rotatable bonds is 5. The molecule has 1 amide bonds. The van der Waals surface area contributed by atoms with Gasteiger partial charge in [0.15, 0.2) is 6.79 Å². The van der Waals surface area contributed by atoms with E-state index in [-0.39, 0.29) is 12.7 Å². The Morgan fingerprint density at radius 3 is 2.91 bits per heavy atom. The van der Waals surface area contributed by atoms with Gasteiger partial charge in [0.1, 0.15) is 5.75 Å². The second-order valence-corrected chi connectivity index (χ2v) is 6.44. The molecule has 0 radical (unpaired) electrons. The quantitative estimate of drug-likeness (QED) is 0.777. The molecule has 1 aliphatic heterocycles. The molecule has 0 saturated heterocycles. The Hall–Kier alpha value is -1.81. The topological polar surface area (TPSA) is 38.8 Å². The Labute approximate surface area is 138 Å². The molecule has 0 unspecified atom stereocenters. The van der Waals surface area contributed by atoms with Crippen LogP contribution in [-0.2, 0) is 11.3 Å². The van der Waals surface area contributed by atoms with Gasteiger partial charge in [-0.2, -0.15) is 0 Å². The molecule has 1 aliphatic carbocycles. The third kappa shape index (κ3) is 3.94. The lowest BCUT2D eigenvalue weighted by molar-refractivity contribution is -0.0164. The molecule has 1 aromatic carbocycles. The summed E-state index contributed by atoms with van der Waals surface area (Å²) in [4.78, 5) is 14.8. The molecule has 1 fully saturated rings. The van der Waals surface area contributed by atoms with Crippen LogP contribution in [-0.4, -0.2) is 30.7 Å². The van der Waals surface area contributed by atoms with Gasteiger partial charge in [-0.1, -0.05) is 25.3 Å². The van der Waals surface area contributed by atoms with Crippen LogP contribution in [0.2, 0.25) is 0 Å². The second kappa shape index (κ2) is 7.64. The molecule has 23 heavy (non-hydrogen) atoms. The van der Waals surface area contributed by atoms with E-state index in [9.17, 15) is 4.79 Å². The van der Waals surface area contributed by atoms with Crippen LogP contribution < -0.4 is 4.74 Å². The maximum absolute atomic E-state index is 12.9. The molecule has 0 N–H and O–H groups in total. The van der Waals surface area contributed by atoms with Gasteiger partial charge in [0, 0.05) is 24.2 Å². The molecule has 4 nitrogen and oxygen atoms in total. The van der Waals surface area contributed by atoms with E-state index < -0.39 is 0 Å². The summed E-state index contributed by atoms with van der Waals surface area (Å²) in [7, 11) is 0. The Morgan fingerprint density at radius 1 is 1.30 bits per heavy atom. The molecule has 1 heterocycles. The highest BCUT2D eigenvalue weighted by molar-refractivity contribution is 5.94. The molecule has 4 heteroatoms. The van der Waals surface area contributed by atoms with Gasteiger partial charge in [-0.05, 0) is 37.0 Å². The van der Waals surface area contributed by atoms with Gasteiger partial charge in [-0.15, -0.1) is 6.58 Å². The van der Waals surface area contributed by atoms with Crippen molar-refractivity contribution in [3.63, 3.8) is 0 Å². The van der Waals surface area contributed by atoms with Gasteiger partial charge in [0.2, 0.25) is 0 Å². The number of ether oxygens (including phenoxy) is 2. The zero-order valence-corrected chi connectivity index (χ0v) is 13.6. The van der Waals surface area contributed by atoms with Crippen LogP contribution in [0.25, 0.3) is 0 Å². The third-order valence-corrected chi connectivity index (χ3v) is 4.70. The first-order valence-electron chi connectivity index (χ1n) is 8.51. The summed E-state index contributed by atoms with van der Waals surface area (Å²) in [6.45, 7) is 6.01. The van der Waals surface area contributed by atoms with E-state index in [4.69, 9.17) is 9.47 Å². The number of nitrogens with zero attached hydrogens (tertiary/aromatic N) is 1. The number of fused-ring (bicyclic) bond motifs is 1. The zero-order chi connectivity index (χ0) is 16.1. The highest BCUT2D eigenvalue weighted by Gasteiger charge is 2.22. The summed E-state index contributed by atoms with van der Waals surface area (Å²) in [5.41, 5.74) is 1.65. The van der Waals surface area contributed by atoms with Gasteiger partial charge in [-0.25, -0.2) is 0 Å². The van der Waals surface area contributed by atoms with Crippen molar-refractivity contribution in [3.05, 3.63) is 42.0 Å². The normalized spacial score (nSPS) is 17.9. The van der Waals surface area contributed by atoms with Gasteiger partial charge in [0.25, 0.3) is 5.91 Å². The molecule has 0 bridgehead atoms. The van der Waals surface area contributed by atoms with Crippen molar-refractivity contribution in [2.24, 2.45) is 5.92 Å². The maximum Gasteiger partial charge on any atom is 0.254 e. The van der Waals surface area contributed by atoms with Crippen LogP contribution in [0.5, 0.6) is 5.75 Å². The van der Waals surface area contributed by atoms with E-state index in [1.807, 2.05) is 29.2 Å². The molecule has 3 rings (SSSR count). The minimum absolute atomic E-state index is 0.0730. The Morgan fingerprint density at radius 2 is 2.13 bits per heavy atom. The first-order valence-corrected chi connectivity index (χ1v) is 8.51. The van der Waals surface area contributed by atoms with Crippen molar-refractivity contribution in [2.75, 3.05) is 19.9 Å². The molecule has 1 saturated carbocycles. The lowest BCUT2D eigenvalue weighted by Crippen LogP contribution is -2.36. The van der Waals surface area contributed by atoms with Crippen molar-refractivity contribution in [3.8, 4) is 5.75 Å². The standard InChI is InChI=1S/C19H25NO3/c1-2-10-20(12-15-6-4-3-5-7-15)19(21)16-8-9-18-17(11-16)13-22-14-23-18/h2,8-9,11,15H,1,3-7,10,12-14H2. The number of carbonyl (C=O) groups is 1. The SMILES string of the molecule is C=CCN(CC1CCCCC1)C(=O)c1ccc2c(c1)COCO2. The predicted molar refractivity (Wildman–Crippen MR) is 89.4 cm³/mol. The molecule has 0 atom stereocenters.